The Hall–Kier alpha value is -2.45. The van der Waals surface area contributed by atoms with E-state index in [1.807, 2.05) is 0 Å². The molecule has 0 saturated carbocycles. The van der Waals surface area contributed by atoms with Crippen LogP contribution in [0.25, 0.3) is 10.4 Å². The van der Waals surface area contributed by atoms with E-state index in [-0.39, 0.29) is 0 Å². The normalized spacial score (nSPS) is 10.6. The third-order valence-corrected chi connectivity index (χ3v) is 2.50. The predicted molar refractivity (Wildman–Crippen MR) is 65.5 cm³/mol. The molecule has 0 fully saturated rings. The minimum Gasteiger partial charge on any atom is -0.291 e. The van der Waals surface area contributed by atoms with Crippen molar-refractivity contribution in [3.8, 4) is 0 Å². The molecular formula is C9H14N10. The standard InChI is InChI=1S/C9H14N10/c10-16-11-2-1-3-19(6-8-4-12-17-14-8)7-9-5-13-18-15-9/h4-5H,1-3,6-7H2,(H,12,14,17)(H,13,15,18). The van der Waals surface area contributed by atoms with E-state index >= 15 is 0 Å². The topological polar surface area (TPSA) is 135 Å². The molecule has 0 atom stereocenters. The van der Waals surface area contributed by atoms with Crippen molar-refractivity contribution >= 4 is 0 Å². The molecule has 0 radical (unpaired) electrons. The largest absolute Gasteiger partial charge is 0.291 e. The van der Waals surface area contributed by atoms with Gasteiger partial charge in [0, 0.05) is 24.5 Å². The van der Waals surface area contributed by atoms with E-state index in [1.54, 1.807) is 12.4 Å². The van der Waals surface area contributed by atoms with Crippen LogP contribution in [0.1, 0.15) is 17.8 Å². The molecule has 0 bridgehead atoms. The highest BCUT2D eigenvalue weighted by Crippen LogP contribution is 2.05. The van der Waals surface area contributed by atoms with Gasteiger partial charge in [0.1, 0.15) is 0 Å². The van der Waals surface area contributed by atoms with Gasteiger partial charge in [-0.05, 0) is 18.5 Å². The lowest BCUT2D eigenvalue weighted by atomic mass is 10.3. The summed E-state index contributed by atoms with van der Waals surface area (Å²) < 4.78 is 0. The van der Waals surface area contributed by atoms with Gasteiger partial charge >= 0.3 is 0 Å². The van der Waals surface area contributed by atoms with Gasteiger partial charge in [-0.3, -0.25) is 4.90 Å². The maximum atomic E-state index is 8.25. The summed E-state index contributed by atoms with van der Waals surface area (Å²) in [6, 6.07) is 0. The summed E-state index contributed by atoms with van der Waals surface area (Å²) in [5.74, 6) is 0. The Bertz CT molecular complexity index is 461. The van der Waals surface area contributed by atoms with E-state index in [0.29, 0.717) is 19.6 Å². The Morgan fingerprint density at radius 3 is 2.26 bits per heavy atom. The number of rotatable bonds is 8. The molecule has 10 heteroatoms. The molecule has 2 aromatic rings. The average molecular weight is 262 g/mol. The van der Waals surface area contributed by atoms with Crippen molar-refractivity contribution in [3.63, 3.8) is 0 Å². The summed E-state index contributed by atoms with van der Waals surface area (Å²) in [4.78, 5) is 4.88. The van der Waals surface area contributed by atoms with Crippen molar-refractivity contribution in [2.75, 3.05) is 13.1 Å². The monoisotopic (exact) mass is 262 g/mol. The van der Waals surface area contributed by atoms with Crippen LogP contribution in [0.4, 0.5) is 0 Å². The van der Waals surface area contributed by atoms with E-state index < -0.39 is 0 Å². The number of H-pyrrole nitrogens is 2. The maximum absolute atomic E-state index is 8.25. The summed E-state index contributed by atoms with van der Waals surface area (Å²) in [5.41, 5.74) is 9.95. The van der Waals surface area contributed by atoms with Crippen molar-refractivity contribution in [1.29, 1.82) is 0 Å². The molecule has 0 unspecified atom stereocenters. The van der Waals surface area contributed by atoms with Crippen LogP contribution in [0, 0.1) is 0 Å². The molecule has 0 aliphatic rings. The van der Waals surface area contributed by atoms with E-state index in [0.717, 1.165) is 24.4 Å². The van der Waals surface area contributed by atoms with Gasteiger partial charge in [0.15, 0.2) is 0 Å². The van der Waals surface area contributed by atoms with Gasteiger partial charge in [0.2, 0.25) is 0 Å². The van der Waals surface area contributed by atoms with Gasteiger partial charge in [-0.1, -0.05) is 5.11 Å². The van der Waals surface area contributed by atoms with Crippen LogP contribution in [0.15, 0.2) is 17.5 Å². The van der Waals surface area contributed by atoms with Crippen LogP contribution in [0.3, 0.4) is 0 Å². The Morgan fingerprint density at radius 2 is 1.79 bits per heavy atom. The van der Waals surface area contributed by atoms with Gasteiger partial charge in [-0.2, -0.15) is 30.8 Å². The van der Waals surface area contributed by atoms with Crippen LogP contribution in [0.2, 0.25) is 0 Å². The average Bonchev–Trinajstić information content (AvgIpc) is 3.08. The van der Waals surface area contributed by atoms with Crippen molar-refractivity contribution in [3.05, 3.63) is 34.2 Å². The van der Waals surface area contributed by atoms with Crippen LogP contribution in [-0.4, -0.2) is 48.8 Å². The van der Waals surface area contributed by atoms with E-state index in [1.165, 1.54) is 0 Å². The van der Waals surface area contributed by atoms with Gasteiger partial charge in [-0.15, -0.1) is 0 Å². The van der Waals surface area contributed by atoms with Crippen LogP contribution in [-0.2, 0) is 13.1 Å². The zero-order valence-corrected chi connectivity index (χ0v) is 10.3. The predicted octanol–water partition coefficient (Wildman–Crippen LogP) is 0.625. The van der Waals surface area contributed by atoms with E-state index in [4.69, 9.17) is 5.53 Å². The van der Waals surface area contributed by atoms with E-state index in [2.05, 4.69) is 45.7 Å². The van der Waals surface area contributed by atoms with Crippen molar-refractivity contribution in [1.82, 2.24) is 35.7 Å². The second kappa shape index (κ2) is 7.09. The van der Waals surface area contributed by atoms with Crippen LogP contribution in [0.5, 0.6) is 0 Å². The summed E-state index contributed by atoms with van der Waals surface area (Å²) in [6.07, 6.45) is 4.15. The molecule has 0 spiro atoms. The molecule has 0 amide bonds. The Balaban J connectivity index is 1.89. The van der Waals surface area contributed by atoms with Gasteiger partial charge in [0.05, 0.1) is 23.8 Å². The van der Waals surface area contributed by atoms with Crippen molar-refractivity contribution < 1.29 is 0 Å². The minimum atomic E-state index is 0.477. The number of azide groups is 1. The van der Waals surface area contributed by atoms with Crippen LogP contribution < -0.4 is 0 Å². The maximum Gasteiger partial charge on any atom is 0.0964 e. The molecule has 19 heavy (non-hydrogen) atoms. The van der Waals surface area contributed by atoms with Gasteiger partial charge < -0.3 is 0 Å². The second-order valence-corrected chi connectivity index (χ2v) is 3.94. The number of hydrogen-bond donors (Lipinski definition) is 2. The fraction of sp³-hybridized carbons (Fsp3) is 0.556. The second-order valence-electron chi connectivity index (χ2n) is 3.94. The highest BCUT2D eigenvalue weighted by molar-refractivity contribution is 4.94. The Morgan fingerprint density at radius 1 is 1.16 bits per heavy atom. The fourth-order valence-corrected chi connectivity index (χ4v) is 1.68. The van der Waals surface area contributed by atoms with Gasteiger partial charge in [0.25, 0.3) is 0 Å². The molecule has 0 aliphatic heterocycles. The summed E-state index contributed by atoms with van der Waals surface area (Å²) in [6.45, 7) is 2.56. The Kier molecular flexibility index (Phi) is 4.85. The molecule has 100 valence electrons. The smallest absolute Gasteiger partial charge is 0.0964 e. The lowest BCUT2D eigenvalue weighted by Gasteiger charge is -2.19. The zero-order valence-electron chi connectivity index (χ0n) is 10.3. The zero-order chi connectivity index (χ0) is 13.3. The van der Waals surface area contributed by atoms with Crippen molar-refractivity contribution in [2.24, 2.45) is 5.11 Å². The molecule has 0 aromatic carbocycles. The molecule has 10 nitrogen and oxygen atoms in total. The minimum absolute atomic E-state index is 0.477. The lowest BCUT2D eigenvalue weighted by Crippen LogP contribution is -2.25. The molecule has 2 aromatic heterocycles. The summed E-state index contributed by atoms with van der Waals surface area (Å²) in [7, 11) is 0. The highest BCUT2D eigenvalue weighted by atomic mass is 15.3. The number of nitrogens with one attached hydrogen (secondary N) is 2. The highest BCUT2D eigenvalue weighted by Gasteiger charge is 2.10. The number of aromatic amines is 2. The van der Waals surface area contributed by atoms with Gasteiger partial charge in [-0.25, -0.2) is 0 Å². The number of hydrogen-bond acceptors (Lipinski definition) is 6. The first-order chi connectivity index (χ1) is 9.38. The quantitative estimate of drug-likeness (QED) is 0.311. The molecule has 0 saturated heterocycles. The molecule has 0 aliphatic carbocycles. The van der Waals surface area contributed by atoms with E-state index in [9.17, 15) is 0 Å². The molecule has 2 heterocycles. The fourth-order valence-electron chi connectivity index (χ4n) is 1.68. The summed E-state index contributed by atoms with van der Waals surface area (Å²) in [5, 5.41) is 24.3. The van der Waals surface area contributed by atoms with Crippen molar-refractivity contribution in [2.45, 2.75) is 19.5 Å². The lowest BCUT2D eigenvalue weighted by molar-refractivity contribution is 0.249. The first-order valence-corrected chi connectivity index (χ1v) is 5.81. The summed E-state index contributed by atoms with van der Waals surface area (Å²) >= 11 is 0. The van der Waals surface area contributed by atoms with Crippen LogP contribution >= 0.6 is 0 Å². The first-order valence-electron chi connectivity index (χ1n) is 5.81. The molecular weight excluding hydrogens is 248 g/mol. The number of aromatic nitrogens is 6. The number of nitrogens with zero attached hydrogens (tertiary/aromatic N) is 8. The SMILES string of the molecule is [N-]=[N+]=NCCCN(Cc1cn[nH]n1)Cc1cn[nH]n1. The first kappa shape index (κ1) is 13.0. The Labute approximate surface area is 108 Å². The molecule has 2 rings (SSSR count). The third kappa shape index (κ3) is 4.37. The molecule has 2 N–H and O–H groups in total. The third-order valence-electron chi connectivity index (χ3n) is 2.50.